The van der Waals surface area contributed by atoms with Crippen LogP contribution in [0.4, 0.5) is 10.3 Å². The zero-order valence-electron chi connectivity index (χ0n) is 22.2. The number of ether oxygens (including phenoxy) is 2. The van der Waals surface area contributed by atoms with E-state index in [4.69, 9.17) is 33.3 Å². The first-order valence-corrected chi connectivity index (χ1v) is 15.9. The van der Waals surface area contributed by atoms with Crippen LogP contribution < -0.4 is 16.9 Å². The number of aromatic amines is 2. The predicted octanol–water partition coefficient (Wildman–Crippen LogP) is -1.65. The third kappa shape index (κ3) is 5.30. The first-order valence-electron chi connectivity index (χ1n) is 12.9. The Bertz CT molecular complexity index is 2000. The Hall–Kier alpha value is -3.47. The molecule has 7 N–H and O–H groups in total. The van der Waals surface area contributed by atoms with Crippen molar-refractivity contribution in [3.05, 3.63) is 39.7 Å². The number of nitrogens with one attached hydrogen (secondary N) is 2. The summed E-state index contributed by atoms with van der Waals surface area (Å²) in [7, 11) is -10.4. The van der Waals surface area contributed by atoms with Gasteiger partial charge in [-0.1, -0.05) is 0 Å². The molecule has 3 aliphatic heterocycles. The van der Waals surface area contributed by atoms with Crippen LogP contribution in [-0.4, -0.2) is 104 Å². The summed E-state index contributed by atoms with van der Waals surface area (Å²) in [5, 5.41) is 11.1. The van der Waals surface area contributed by atoms with Crippen LogP contribution in [0, 0.1) is 0 Å². The number of aliphatic hydroxyl groups is 1. The number of rotatable bonds is 2. The predicted molar refractivity (Wildman–Crippen MR) is 141 cm³/mol. The molecule has 25 heteroatoms. The molecule has 45 heavy (non-hydrogen) atoms. The van der Waals surface area contributed by atoms with E-state index in [-0.39, 0.29) is 28.3 Å². The third-order valence-electron chi connectivity index (χ3n) is 7.25. The fraction of sp³-hybridized carbons (Fsp3) is 0.500. The van der Waals surface area contributed by atoms with Gasteiger partial charge in [-0.25, -0.2) is 28.5 Å². The van der Waals surface area contributed by atoms with Crippen LogP contribution >= 0.6 is 15.6 Å². The van der Waals surface area contributed by atoms with E-state index >= 15 is 4.39 Å². The smallest absolute Gasteiger partial charge is 0.386 e. The number of nitrogens with zero attached hydrogens (tertiary/aromatic N) is 6. The van der Waals surface area contributed by atoms with Crippen LogP contribution in [0.1, 0.15) is 12.5 Å². The summed E-state index contributed by atoms with van der Waals surface area (Å²) >= 11 is 0. The average Bonchev–Trinajstić information content (AvgIpc) is 3.72. The molecule has 0 aromatic carbocycles. The Morgan fingerprint density at radius 2 is 1.49 bits per heavy atom. The Morgan fingerprint density at radius 3 is 2.20 bits per heavy atom. The second-order valence-electron chi connectivity index (χ2n) is 10.1. The van der Waals surface area contributed by atoms with Crippen LogP contribution in [0.3, 0.4) is 0 Å². The number of nitrogens with two attached hydrogens (primary N) is 1. The number of H-pyrrole nitrogens is 2. The SMILES string of the molecule is Nc1nc2c(ncn2[C@@H]2O[C@@H]3COP(=O)(O)O[C@H]4[C@@H](O)[C@H](n5cnc6c(=O)[nH]cnc65)O[C@@H]4COP(=O)(O)O[C@@H]2[C@@H]3F)c(=O)[nH]1. The zero-order chi connectivity index (χ0) is 31.8. The van der Waals surface area contributed by atoms with E-state index in [1.807, 2.05) is 0 Å². The molecule has 0 saturated carbocycles. The molecule has 3 saturated heterocycles. The lowest BCUT2D eigenvalue weighted by Gasteiger charge is -2.25. The molecule has 22 nitrogen and oxygen atoms in total. The number of phosphoric ester groups is 2. The van der Waals surface area contributed by atoms with Gasteiger partial charge in [-0.05, 0) is 0 Å². The highest BCUT2D eigenvalue weighted by atomic mass is 31.2. The van der Waals surface area contributed by atoms with Gasteiger partial charge in [0.1, 0.15) is 30.5 Å². The lowest BCUT2D eigenvalue weighted by molar-refractivity contribution is -0.0671. The van der Waals surface area contributed by atoms with E-state index in [0.717, 1.165) is 28.1 Å². The van der Waals surface area contributed by atoms with Gasteiger partial charge in [0.15, 0.2) is 41.0 Å². The highest BCUT2D eigenvalue weighted by Gasteiger charge is 2.54. The van der Waals surface area contributed by atoms with Crippen LogP contribution in [0.15, 0.2) is 28.6 Å². The number of phosphoric acid groups is 2. The van der Waals surface area contributed by atoms with E-state index in [9.17, 15) is 33.6 Å². The molecule has 3 aliphatic rings. The topological polar surface area (TPSA) is 303 Å². The van der Waals surface area contributed by atoms with E-state index in [1.54, 1.807) is 0 Å². The molecule has 4 aromatic rings. The van der Waals surface area contributed by atoms with Crippen LogP contribution in [0.5, 0.6) is 0 Å². The quantitative estimate of drug-likeness (QED) is 0.129. The molecule has 3 fully saturated rings. The molecule has 0 aliphatic carbocycles. The van der Waals surface area contributed by atoms with Gasteiger partial charge in [0.25, 0.3) is 11.1 Å². The molecule has 10 atom stereocenters. The molecule has 2 unspecified atom stereocenters. The van der Waals surface area contributed by atoms with Crippen molar-refractivity contribution in [3.63, 3.8) is 0 Å². The minimum absolute atomic E-state index is 0.0314. The molecule has 242 valence electrons. The number of imidazole rings is 2. The van der Waals surface area contributed by atoms with Gasteiger partial charge in [0, 0.05) is 0 Å². The second kappa shape index (κ2) is 10.8. The van der Waals surface area contributed by atoms with Crippen molar-refractivity contribution in [1.29, 1.82) is 0 Å². The van der Waals surface area contributed by atoms with Crippen molar-refractivity contribution in [1.82, 2.24) is 39.0 Å². The molecular formula is C20H22FN9O13P2. The van der Waals surface area contributed by atoms with E-state index < -0.39 is 89.1 Å². The molecule has 0 radical (unpaired) electrons. The Labute approximate surface area is 247 Å². The summed E-state index contributed by atoms with van der Waals surface area (Å²) in [6.07, 6.45) is -10.9. The van der Waals surface area contributed by atoms with Crippen molar-refractivity contribution < 1.29 is 56.0 Å². The lowest BCUT2D eigenvalue weighted by atomic mass is 10.1. The lowest BCUT2D eigenvalue weighted by Crippen LogP contribution is -2.36. The number of anilines is 1. The van der Waals surface area contributed by atoms with Gasteiger partial charge in [0.05, 0.1) is 32.2 Å². The number of aromatic nitrogens is 8. The molecule has 7 heterocycles. The summed E-state index contributed by atoms with van der Waals surface area (Å²) in [5.41, 5.74) is 3.72. The summed E-state index contributed by atoms with van der Waals surface area (Å²) in [6.45, 7) is -1.87. The normalized spacial score (nSPS) is 37.7. The molecule has 7 rings (SSSR count). The summed E-state index contributed by atoms with van der Waals surface area (Å²) in [6, 6.07) is 0. The van der Waals surface area contributed by atoms with Gasteiger partial charge < -0.3 is 35.1 Å². The fourth-order valence-corrected chi connectivity index (χ4v) is 7.15. The van der Waals surface area contributed by atoms with Crippen LogP contribution in [-0.2, 0) is 36.7 Å². The van der Waals surface area contributed by atoms with Gasteiger partial charge in [-0.3, -0.25) is 41.8 Å². The van der Waals surface area contributed by atoms with Crippen molar-refractivity contribution in [2.75, 3.05) is 18.9 Å². The molecular weight excluding hydrogens is 655 g/mol. The Morgan fingerprint density at radius 1 is 0.889 bits per heavy atom. The summed E-state index contributed by atoms with van der Waals surface area (Å²) in [5.74, 6) is -0.323. The third-order valence-corrected chi connectivity index (χ3v) is 9.22. The van der Waals surface area contributed by atoms with Crippen molar-refractivity contribution in [2.24, 2.45) is 0 Å². The summed E-state index contributed by atoms with van der Waals surface area (Å²) in [4.78, 5) is 65.8. The standard InChI is InChI=1S/C20H22FN9O13P2/c21-8-6-1-38-44(34,35)42-12-7(41-18(11(12)31)29-4-25-9-14(29)23-3-24-16(9)32)2-39-45(36,37)43-13(8)19(40-6)30-5-26-10-15(30)27-20(22)28-17(10)33/h3-8,11-13,18-19,31H,1-2H2,(H,34,35)(H,36,37)(H,23,24,32)(H3,22,27,28,33)/t6-,7-,8-,11-,12-,13-,18-,19-/m1/s1. The highest BCUT2D eigenvalue weighted by Crippen LogP contribution is 2.54. The second-order valence-corrected chi connectivity index (χ2v) is 12.9. The minimum atomic E-state index is -5.21. The maximum absolute atomic E-state index is 15.7. The van der Waals surface area contributed by atoms with Gasteiger partial charge in [-0.2, -0.15) is 4.98 Å². The molecule has 2 bridgehead atoms. The Kier molecular flexibility index (Phi) is 7.26. The van der Waals surface area contributed by atoms with E-state index in [0.29, 0.717) is 0 Å². The number of hydrogen-bond acceptors (Lipinski definition) is 16. The number of fused-ring (bicyclic) bond motifs is 5. The maximum Gasteiger partial charge on any atom is 0.472 e. The monoisotopic (exact) mass is 677 g/mol. The first-order chi connectivity index (χ1) is 21.3. The number of alkyl halides is 1. The van der Waals surface area contributed by atoms with Gasteiger partial charge in [-0.15, -0.1) is 0 Å². The van der Waals surface area contributed by atoms with Crippen molar-refractivity contribution >= 4 is 43.9 Å². The number of nitrogen functional groups attached to an aromatic ring is 1. The number of aliphatic hydroxyl groups excluding tert-OH is 1. The van der Waals surface area contributed by atoms with Crippen LogP contribution in [0.25, 0.3) is 22.3 Å². The number of hydrogen-bond donors (Lipinski definition) is 6. The van der Waals surface area contributed by atoms with E-state index in [2.05, 4.69) is 29.9 Å². The van der Waals surface area contributed by atoms with E-state index in [1.165, 1.54) is 0 Å². The molecule has 0 amide bonds. The van der Waals surface area contributed by atoms with Gasteiger partial charge >= 0.3 is 15.6 Å². The zero-order valence-corrected chi connectivity index (χ0v) is 24.0. The van der Waals surface area contributed by atoms with Crippen molar-refractivity contribution in [3.8, 4) is 0 Å². The molecule has 4 aromatic heterocycles. The maximum atomic E-state index is 15.7. The summed E-state index contributed by atoms with van der Waals surface area (Å²) < 4.78 is 75.8. The largest absolute Gasteiger partial charge is 0.472 e. The van der Waals surface area contributed by atoms with Crippen LogP contribution in [0.2, 0.25) is 0 Å². The highest BCUT2D eigenvalue weighted by molar-refractivity contribution is 7.47. The van der Waals surface area contributed by atoms with Gasteiger partial charge in [0.2, 0.25) is 5.95 Å². The first kappa shape index (κ1) is 30.2. The number of halogens is 1. The average molecular weight is 677 g/mol. The fourth-order valence-electron chi connectivity index (χ4n) is 5.26. The Balaban J connectivity index is 1.21. The molecule has 0 spiro atoms. The van der Waals surface area contributed by atoms with Crippen molar-refractivity contribution in [2.45, 2.75) is 49.1 Å². The minimum Gasteiger partial charge on any atom is -0.386 e.